The zero-order valence-electron chi connectivity index (χ0n) is 16.6. The molecule has 2 aromatic carbocycles. The van der Waals surface area contributed by atoms with Crippen molar-refractivity contribution in [1.29, 1.82) is 0 Å². The van der Waals surface area contributed by atoms with E-state index in [9.17, 15) is 13.2 Å². The highest BCUT2D eigenvalue weighted by Crippen LogP contribution is 2.35. The normalized spacial score (nSPS) is 15.3. The van der Waals surface area contributed by atoms with E-state index >= 15 is 0 Å². The molecule has 1 aliphatic rings. The summed E-state index contributed by atoms with van der Waals surface area (Å²) in [5, 5.41) is 7.65. The number of piperidine rings is 1. The number of aromatic nitrogens is 3. The Balaban J connectivity index is 1.56. The summed E-state index contributed by atoms with van der Waals surface area (Å²) >= 11 is 11.4. The van der Waals surface area contributed by atoms with Crippen molar-refractivity contribution in [3.8, 4) is 11.4 Å². The van der Waals surface area contributed by atoms with Gasteiger partial charge in [-0.25, -0.2) is 0 Å². The molecule has 0 bridgehead atoms. The highest BCUT2D eigenvalue weighted by atomic mass is 35.5. The van der Waals surface area contributed by atoms with Crippen molar-refractivity contribution in [1.82, 2.24) is 14.8 Å². The monoisotopic (exact) mass is 468 g/mol. The molecule has 1 fully saturated rings. The first-order chi connectivity index (χ1) is 14.8. The predicted octanol–water partition coefficient (Wildman–Crippen LogP) is 5.99. The van der Waals surface area contributed by atoms with E-state index in [2.05, 4.69) is 15.1 Å². The summed E-state index contributed by atoms with van der Waals surface area (Å²) in [6.45, 7) is 1.52. The van der Waals surface area contributed by atoms with E-state index in [0.29, 0.717) is 22.3 Å². The van der Waals surface area contributed by atoms with E-state index in [1.165, 1.54) is 6.07 Å². The first-order valence-corrected chi connectivity index (χ1v) is 10.5. The lowest BCUT2D eigenvalue weighted by Gasteiger charge is -2.33. The van der Waals surface area contributed by atoms with E-state index in [-0.39, 0.29) is 10.7 Å². The number of hydrogen-bond donors (Lipinski definition) is 1. The standard InChI is InChI=1S/C21H20ClF3N4OS/c1-30-18-12-15(5-6-17(18)22)28-9-7-13(8-10-28)19-26-27-20(31)29(19)16-4-2-3-14(11-16)21(23,24)25/h2-6,11-13H,7-10H2,1H3,(H,27,31). The van der Waals surface area contributed by atoms with Gasteiger partial charge in [-0.3, -0.25) is 9.67 Å². The molecule has 0 atom stereocenters. The van der Waals surface area contributed by atoms with Gasteiger partial charge in [-0.15, -0.1) is 0 Å². The smallest absolute Gasteiger partial charge is 0.416 e. The van der Waals surface area contributed by atoms with E-state index in [0.717, 1.165) is 43.8 Å². The Morgan fingerprint density at radius 2 is 1.87 bits per heavy atom. The third-order valence-electron chi connectivity index (χ3n) is 5.49. The molecule has 0 amide bonds. The number of nitrogens with one attached hydrogen (secondary N) is 1. The average molecular weight is 469 g/mol. The van der Waals surface area contributed by atoms with Gasteiger partial charge in [0.05, 0.1) is 23.4 Å². The van der Waals surface area contributed by atoms with Crippen LogP contribution in [0.2, 0.25) is 5.02 Å². The van der Waals surface area contributed by atoms with Crippen molar-refractivity contribution >= 4 is 29.5 Å². The summed E-state index contributed by atoms with van der Waals surface area (Å²) in [5.41, 5.74) is 0.649. The van der Waals surface area contributed by atoms with Crippen molar-refractivity contribution in [2.24, 2.45) is 0 Å². The van der Waals surface area contributed by atoms with E-state index in [1.807, 2.05) is 12.1 Å². The molecule has 0 saturated carbocycles. The summed E-state index contributed by atoms with van der Waals surface area (Å²) in [6.07, 6.45) is -2.86. The van der Waals surface area contributed by atoms with Crippen molar-refractivity contribution < 1.29 is 17.9 Å². The maximum absolute atomic E-state index is 13.2. The van der Waals surface area contributed by atoms with Crippen LogP contribution in [0.25, 0.3) is 5.69 Å². The molecule has 1 aromatic heterocycles. The minimum absolute atomic E-state index is 0.0629. The molecule has 3 aromatic rings. The zero-order valence-corrected chi connectivity index (χ0v) is 18.2. The molecule has 5 nitrogen and oxygen atoms in total. The molecule has 0 radical (unpaired) electrons. The molecule has 1 N–H and O–H groups in total. The number of rotatable bonds is 4. The number of H-pyrrole nitrogens is 1. The molecule has 0 spiro atoms. The predicted molar refractivity (Wildman–Crippen MR) is 116 cm³/mol. The van der Waals surface area contributed by atoms with Gasteiger partial charge < -0.3 is 9.64 Å². The molecule has 1 saturated heterocycles. The Bertz CT molecular complexity index is 1140. The van der Waals surface area contributed by atoms with E-state index < -0.39 is 11.7 Å². The Kier molecular flexibility index (Phi) is 5.98. The Labute approximate surface area is 187 Å². The van der Waals surface area contributed by atoms with Crippen molar-refractivity contribution in [2.45, 2.75) is 24.9 Å². The molecule has 0 aliphatic carbocycles. The van der Waals surface area contributed by atoms with Gasteiger partial charge in [0.25, 0.3) is 0 Å². The lowest BCUT2D eigenvalue weighted by atomic mass is 9.95. The molecule has 164 valence electrons. The fourth-order valence-electron chi connectivity index (χ4n) is 3.89. The van der Waals surface area contributed by atoms with Crippen LogP contribution in [0.5, 0.6) is 5.75 Å². The number of halogens is 4. The van der Waals surface area contributed by atoms with Gasteiger partial charge in [-0.1, -0.05) is 17.7 Å². The number of methoxy groups -OCH3 is 1. The summed E-state index contributed by atoms with van der Waals surface area (Å²) in [6, 6.07) is 10.8. The number of alkyl halides is 3. The third-order valence-corrected chi connectivity index (χ3v) is 6.08. The van der Waals surface area contributed by atoms with Gasteiger partial charge in [0, 0.05) is 30.8 Å². The first-order valence-electron chi connectivity index (χ1n) is 9.71. The van der Waals surface area contributed by atoms with Crippen LogP contribution in [0, 0.1) is 4.77 Å². The van der Waals surface area contributed by atoms with Gasteiger partial charge in [0.2, 0.25) is 0 Å². The van der Waals surface area contributed by atoms with Gasteiger partial charge in [0.15, 0.2) is 4.77 Å². The quantitative estimate of drug-likeness (QED) is 0.477. The van der Waals surface area contributed by atoms with Gasteiger partial charge in [-0.2, -0.15) is 18.3 Å². The first kappa shape index (κ1) is 21.7. The third kappa shape index (κ3) is 4.43. The van der Waals surface area contributed by atoms with Crippen LogP contribution < -0.4 is 9.64 Å². The number of aromatic amines is 1. The number of ether oxygens (including phenoxy) is 1. The second-order valence-electron chi connectivity index (χ2n) is 7.35. The SMILES string of the molecule is COc1cc(N2CCC(c3n[nH]c(=S)n3-c3cccc(C(F)(F)F)c3)CC2)ccc1Cl. The van der Waals surface area contributed by atoms with E-state index in [1.54, 1.807) is 23.8 Å². The number of anilines is 1. The average Bonchev–Trinajstić information content (AvgIpc) is 3.15. The van der Waals surface area contributed by atoms with Crippen LogP contribution in [0.15, 0.2) is 42.5 Å². The topological polar surface area (TPSA) is 46.1 Å². The lowest BCUT2D eigenvalue weighted by Crippen LogP contribution is -2.33. The summed E-state index contributed by atoms with van der Waals surface area (Å²) in [5.74, 6) is 1.33. The molecule has 0 unspecified atom stereocenters. The maximum Gasteiger partial charge on any atom is 0.416 e. The van der Waals surface area contributed by atoms with Crippen LogP contribution in [0.1, 0.15) is 30.1 Å². The van der Waals surface area contributed by atoms with Crippen molar-refractivity contribution in [2.75, 3.05) is 25.1 Å². The number of nitrogens with zero attached hydrogens (tertiary/aromatic N) is 3. The van der Waals surface area contributed by atoms with Gasteiger partial charge in [0.1, 0.15) is 11.6 Å². The summed E-state index contributed by atoms with van der Waals surface area (Å²) in [4.78, 5) is 2.23. The minimum atomic E-state index is -4.42. The van der Waals surface area contributed by atoms with Gasteiger partial charge in [-0.05, 0) is 55.4 Å². The Morgan fingerprint density at radius 3 is 2.55 bits per heavy atom. The fraction of sp³-hybridized carbons (Fsp3) is 0.333. The summed E-state index contributed by atoms with van der Waals surface area (Å²) < 4.78 is 46.7. The Hall–Kier alpha value is -2.52. The van der Waals surface area contributed by atoms with Crippen LogP contribution >= 0.6 is 23.8 Å². The highest BCUT2D eigenvalue weighted by Gasteiger charge is 2.31. The lowest BCUT2D eigenvalue weighted by molar-refractivity contribution is -0.137. The highest BCUT2D eigenvalue weighted by molar-refractivity contribution is 7.71. The molecular formula is C21H20ClF3N4OS. The molecule has 4 rings (SSSR count). The van der Waals surface area contributed by atoms with Crippen LogP contribution in [0.3, 0.4) is 0 Å². The van der Waals surface area contributed by atoms with Crippen molar-refractivity contribution in [3.05, 3.63) is 63.6 Å². The molecular weight excluding hydrogens is 449 g/mol. The molecule has 31 heavy (non-hydrogen) atoms. The second kappa shape index (κ2) is 8.55. The minimum Gasteiger partial charge on any atom is -0.495 e. The van der Waals surface area contributed by atoms with E-state index in [4.69, 9.17) is 28.6 Å². The van der Waals surface area contributed by atoms with Crippen molar-refractivity contribution in [3.63, 3.8) is 0 Å². The van der Waals surface area contributed by atoms with Crippen LogP contribution in [-0.4, -0.2) is 35.0 Å². The van der Waals surface area contributed by atoms with Crippen LogP contribution in [-0.2, 0) is 6.18 Å². The van der Waals surface area contributed by atoms with Gasteiger partial charge >= 0.3 is 6.18 Å². The van der Waals surface area contributed by atoms with Crippen LogP contribution in [0.4, 0.5) is 18.9 Å². The Morgan fingerprint density at radius 1 is 1.13 bits per heavy atom. The second-order valence-corrected chi connectivity index (χ2v) is 8.14. The summed E-state index contributed by atoms with van der Waals surface area (Å²) in [7, 11) is 1.58. The zero-order chi connectivity index (χ0) is 22.2. The fourth-order valence-corrected chi connectivity index (χ4v) is 4.33. The largest absolute Gasteiger partial charge is 0.495 e. The number of benzene rings is 2. The maximum atomic E-state index is 13.2. The molecule has 2 heterocycles. The molecule has 10 heteroatoms. The number of hydrogen-bond acceptors (Lipinski definition) is 4. The molecule has 1 aliphatic heterocycles.